The van der Waals surface area contributed by atoms with Crippen molar-refractivity contribution < 1.29 is 13.6 Å². The zero-order valence-electron chi connectivity index (χ0n) is 11.9. The number of amides is 1. The maximum absolute atomic E-state index is 13.0. The lowest BCUT2D eigenvalue weighted by Gasteiger charge is -2.04. The van der Waals surface area contributed by atoms with Crippen molar-refractivity contribution in [1.29, 1.82) is 0 Å². The first-order valence-electron chi connectivity index (χ1n) is 7.06. The standard InChI is InChI=1S/C17H15FN2O2/c18-13-5-3-4-12(10-13)11-16(21)19-9-8-17-20-14-6-1-2-7-15(14)22-17/h1-7,10H,8-9,11H2,(H,19,21). The number of carbonyl (C=O) groups excluding carboxylic acids is 1. The van der Waals surface area contributed by atoms with Gasteiger partial charge in [0.1, 0.15) is 11.3 Å². The molecule has 1 aromatic heterocycles. The lowest BCUT2D eigenvalue weighted by Crippen LogP contribution is -2.27. The normalized spacial score (nSPS) is 10.8. The maximum atomic E-state index is 13.0. The zero-order valence-corrected chi connectivity index (χ0v) is 11.9. The van der Waals surface area contributed by atoms with Crippen molar-refractivity contribution in [1.82, 2.24) is 10.3 Å². The summed E-state index contributed by atoms with van der Waals surface area (Å²) in [6, 6.07) is 13.6. The lowest BCUT2D eigenvalue weighted by molar-refractivity contribution is -0.120. The minimum atomic E-state index is -0.336. The van der Waals surface area contributed by atoms with Gasteiger partial charge < -0.3 is 9.73 Å². The highest BCUT2D eigenvalue weighted by Crippen LogP contribution is 2.14. The van der Waals surface area contributed by atoms with Crippen LogP contribution in [0.5, 0.6) is 0 Å². The van der Waals surface area contributed by atoms with Crippen molar-refractivity contribution in [2.45, 2.75) is 12.8 Å². The van der Waals surface area contributed by atoms with E-state index >= 15 is 0 Å². The van der Waals surface area contributed by atoms with Gasteiger partial charge in [-0.15, -0.1) is 0 Å². The molecule has 4 nitrogen and oxygen atoms in total. The summed E-state index contributed by atoms with van der Waals surface area (Å²) in [6.45, 7) is 0.432. The van der Waals surface area contributed by atoms with Crippen molar-refractivity contribution in [3.63, 3.8) is 0 Å². The van der Waals surface area contributed by atoms with Gasteiger partial charge in [0.05, 0.1) is 6.42 Å². The van der Waals surface area contributed by atoms with Gasteiger partial charge in [-0.25, -0.2) is 9.37 Å². The first kappa shape index (κ1) is 14.3. The van der Waals surface area contributed by atoms with E-state index in [1.807, 2.05) is 24.3 Å². The summed E-state index contributed by atoms with van der Waals surface area (Å²) in [5.41, 5.74) is 2.20. The Kier molecular flexibility index (Phi) is 4.14. The van der Waals surface area contributed by atoms with Crippen LogP contribution in [0.15, 0.2) is 52.9 Å². The fourth-order valence-electron chi connectivity index (χ4n) is 2.23. The summed E-state index contributed by atoms with van der Waals surface area (Å²) in [6.07, 6.45) is 0.675. The summed E-state index contributed by atoms with van der Waals surface area (Å²) >= 11 is 0. The summed E-state index contributed by atoms with van der Waals surface area (Å²) in [5.74, 6) is 0.103. The van der Waals surface area contributed by atoms with Crippen molar-refractivity contribution in [2.24, 2.45) is 0 Å². The number of nitrogens with one attached hydrogen (secondary N) is 1. The molecule has 1 amide bonds. The fraction of sp³-hybridized carbons (Fsp3) is 0.176. The molecule has 1 N–H and O–H groups in total. The molecular weight excluding hydrogens is 283 g/mol. The smallest absolute Gasteiger partial charge is 0.224 e. The average molecular weight is 298 g/mol. The van der Waals surface area contributed by atoms with Crippen LogP contribution in [-0.4, -0.2) is 17.4 Å². The number of fused-ring (bicyclic) bond motifs is 1. The number of benzene rings is 2. The van der Waals surface area contributed by atoms with E-state index in [2.05, 4.69) is 10.3 Å². The number of halogens is 1. The highest BCUT2D eigenvalue weighted by atomic mass is 19.1. The number of oxazole rings is 1. The van der Waals surface area contributed by atoms with Gasteiger partial charge in [-0.2, -0.15) is 0 Å². The van der Waals surface area contributed by atoms with Gasteiger partial charge in [0.15, 0.2) is 11.5 Å². The molecule has 0 spiro atoms. The minimum absolute atomic E-state index is 0.151. The van der Waals surface area contributed by atoms with Gasteiger partial charge >= 0.3 is 0 Å². The Morgan fingerprint density at radius 3 is 2.86 bits per heavy atom. The fourth-order valence-corrected chi connectivity index (χ4v) is 2.23. The largest absolute Gasteiger partial charge is 0.441 e. The maximum Gasteiger partial charge on any atom is 0.224 e. The predicted octanol–water partition coefficient (Wildman–Crippen LogP) is 2.87. The molecule has 5 heteroatoms. The number of nitrogens with zero attached hydrogens (tertiary/aromatic N) is 1. The summed E-state index contributed by atoms with van der Waals surface area (Å²) < 4.78 is 18.6. The number of para-hydroxylation sites is 2. The molecule has 3 rings (SSSR count). The van der Waals surface area contributed by atoms with Gasteiger partial charge in [0.25, 0.3) is 0 Å². The van der Waals surface area contributed by atoms with Gasteiger partial charge in [-0.1, -0.05) is 24.3 Å². The van der Waals surface area contributed by atoms with Gasteiger partial charge in [0, 0.05) is 13.0 Å². The van der Waals surface area contributed by atoms with Crippen LogP contribution in [0.1, 0.15) is 11.5 Å². The summed E-state index contributed by atoms with van der Waals surface area (Å²) in [4.78, 5) is 16.1. The molecule has 0 atom stereocenters. The van der Waals surface area contributed by atoms with Crippen LogP contribution in [-0.2, 0) is 17.6 Å². The molecule has 22 heavy (non-hydrogen) atoms. The Bertz CT molecular complexity index is 765. The van der Waals surface area contributed by atoms with E-state index < -0.39 is 0 Å². The molecule has 0 saturated heterocycles. The molecule has 0 aliphatic carbocycles. The summed E-state index contributed by atoms with van der Waals surface area (Å²) in [5, 5.41) is 2.78. The molecule has 0 fully saturated rings. The van der Waals surface area contributed by atoms with Crippen LogP contribution in [0, 0.1) is 5.82 Å². The zero-order chi connectivity index (χ0) is 15.4. The quantitative estimate of drug-likeness (QED) is 0.788. The van der Waals surface area contributed by atoms with E-state index in [1.54, 1.807) is 12.1 Å². The lowest BCUT2D eigenvalue weighted by atomic mass is 10.1. The number of hydrogen-bond donors (Lipinski definition) is 1. The molecule has 0 radical (unpaired) electrons. The molecule has 0 aliphatic heterocycles. The second kappa shape index (κ2) is 6.39. The third-order valence-corrected chi connectivity index (χ3v) is 3.25. The Morgan fingerprint density at radius 1 is 1.18 bits per heavy atom. The Labute approximate surface area is 127 Å². The SMILES string of the molecule is O=C(Cc1cccc(F)c1)NCCc1nc2ccccc2o1. The number of aromatic nitrogens is 1. The van der Waals surface area contributed by atoms with Crippen LogP contribution in [0.25, 0.3) is 11.1 Å². The van der Waals surface area contributed by atoms with E-state index in [9.17, 15) is 9.18 Å². The van der Waals surface area contributed by atoms with Crippen molar-refractivity contribution in [3.05, 3.63) is 65.8 Å². The van der Waals surface area contributed by atoms with Crippen LogP contribution in [0.3, 0.4) is 0 Å². The predicted molar refractivity (Wildman–Crippen MR) is 80.8 cm³/mol. The first-order valence-corrected chi connectivity index (χ1v) is 7.06. The second-order valence-corrected chi connectivity index (χ2v) is 4.98. The Hall–Kier alpha value is -2.69. The van der Waals surface area contributed by atoms with Crippen LogP contribution in [0.4, 0.5) is 4.39 Å². The molecule has 0 unspecified atom stereocenters. The minimum Gasteiger partial charge on any atom is -0.441 e. The van der Waals surface area contributed by atoms with E-state index in [4.69, 9.17) is 4.42 Å². The molecule has 0 saturated carbocycles. The molecule has 112 valence electrons. The number of hydrogen-bond acceptors (Lipinski definition) is 3. The van der Waals surface area contributed by atoms with Crippen molar-refractivity contribution in [3.8, 4) is 0 Å². The second-order valence-electron chi connectivity index (χ2n) is 4.98. The van der Waals surface area contributed by atoms with E-state index in [1.165, 1.54) is 12.1 Å². The van der Waals surface area contributed by atoms with Gasteiger partial charge in [0.2, 0.25) is 5.91 Å². The van der Waals surface area contributed by atoms with Crippen LogP contribution >= 0.6 is 0 Å². The van der Waals surface area contributed by atoms with Gasteiger partial charge in [-0.3, -0.25) is 4.79 Å². The van der Waals surface area contributed by atoms with E-state index in [0.29, 0.717) is 24.4 Å². The van der Waals surface area contributed by atoms with Gasteiger partial charge in [-0.05, 0) is 29.8 Å². The molecule has 0 aliphatic rings. The van der Waals surface area contributed by atoms with Crippen LogP contribution < -0.4 is 5.32 Å². The van der Waals surface area contributed by atoms with Crippen molar-refractivity contribution >= 4 is 17.0 Å². The number of carbonyl (C=O) groups is 1. The molecule has 1 heterocycles. The highest BCUT2D eigenvalue weighted by molar-refractivity contribution is 5.78. The van der Waals surface area contributed by atoms with E-state index in [0.717, 1.165) is 11.1 Å². The monoisotopic (exact) mass is 298 g/mol. The molecule has 2 aromatic carbocycles. The first-order chi connectivity index (χ1) is 10.7. The topological polar surface area (TPSA) is 55.1 Å². The van der Waals surface area contributed by atoms with Crippen LogP contribution in [0.2, 0.25) is 0 Å². The number of rotatable bonds is 5. The summed E-state index contributed by atoms with van der Waals surface area (Å²) in [7, 11) is 0. The highest BCUT2D eigenvalue weighted by Gasteiger charge is 2.07. The average Bonchev–Trinajstić information content (AvgIpc) is 2.90. The molecule has 0 bridgehead atoms. The van der Waals surface area contributed by atoms with Crippen molar-refractivity contribution in [2.75, 3.05) is 6.54 Å². The Balaban J connectivity index is 1.51. The molecular formula is C17H15FN2O2. The third kappa shape index (κ3) is 3.49. The molecule has 3 aromatic rings. The Morgan fingerprint density at radius 2 is 2.05 bits per heavy atom. The van der Waals surface area contributed by atoms with E-state index in [-0.39, 0.29) is 18.1 Å². The third-order valence-electron chi connectivity index (χ3n) is 3.25.